The van der Waals surface area contributed by atoms with Crippen LogP contribution in [0.4, 0.5) is 0 Å². The van der Waals surface area contributed by atoms with E-state index in [1.165, 1.54) is 17.0 Å². The second-order valence-electron chi connectivity index (χ2n) is 8.50. The van der Waals surface area contributed by atoms with Gasteiger partial charge in [-0.2, -0.15) is 0 Å². The van der Waals surface area contributed by atoms with E-state index in [0.717, 1.165) is 27.2 Å². The number of para-hydroxylation sites is 1. The minimum Gasteiger partial charge on any atom is -0.508 e. The molecule has 0 saturated heterocycles. The van der Waals surface area contributed by atoms with Gasteiger partial charge in [-0.1, -0.05) is 60.7 Å². The molecule has 35 heavy (non-hydrogen) atoms. The second-order valence-corrected chi connectivity index (χ2v) is 8.50. The molecule has 174 valence electrons. The summed E-state index contributed by atoms with van der Waals surface area (Å²) < 4.78 is 0. The van der Waals surface area contributed by atoms with Crippen LogP contribution in [0.2, 0.25) is 0 Å². The summed E-state index contributed by atoms with van der Waals surface area (Å²) in [7, 11) is 0. The SMILES string of the molecule is O=C(O)[C@H](c1ccc(O)cc1)N(CCc1c[nH]c2ccccc12)C(=O)c1ccc2ccccc2c1. The molecule has 5 aromatic rings. The van der Waals surface area contributed by atoms with Gasteiger partial charge in [-0.05, 0) is 58.7 Å². The van der Waals surface area contributed by atoms with E-state index in [1.807, 2.05) is 60.8 Å². The smallest absolute Gasteiger partial charge is 0.331 e. The van der Waals surface area contributed by atoms with Gasteiger partial charge < -0.3 is 20.1 Å². The minimum absolute atomic E-state index is 0.0316. The van der Waals surface area contributed by atoms with E-state index >= 15 is 0 Å². The molecule has 0 bridgehead atoms. The van der Waals surface area contributed by atoms with Gasteiger partial charge in [-0.3, -0.25) is 4.79 Å². The van der Waals surface area contributed by atoms with Crippen LogP contribution in [0.5, 0.6) is 5.75 Å². The number of fused-ring (bicyclic) bond motifs is 2. The molecule has 4 aromatic carbocycles. The number of nitrogens with one attached hydrogen (secondary N) is 1. The number of aliphatic carboxylic acids is 1. The van der Waals surface area contributed by atoms with Gasteiger partial charge in [-0.15, -0.1) is 0 Å². The first-order valence-corrected chi connectivity index (χ1v) is 11.4. The molecular formula is C29H24N2O4. The normalized spacial score (nSPS) is 12.0. The Hall–Kier alpha value is -4.58. The van der Waals surface area contributed by atoms with Crippen LogP contribution >= 0.6 is 0 Å². The molecule has 1 aromatic heterocycles. The first-order chi connectivity index (χ1) is 17.0. The van der Waals surface area contributed by atoms with Crippen LogP contribution in [-0.2, 0) is 11.2 Å². The number of rotatable bonds is 7. The van der Waals surface area contributed by atoms with Crippen molar-refractivity contribution in [3.05, 3.63) is 114 Å². The summed E-state index contributed by atoms with van der Waals surface area (Å²) in [6, 6.07) is 25.8. The molecule has 1 heterocycles. The number of hydrogen-bond donors (Lipinski definition) is 3. The fourth-order valence-electron chi connectivity index (χ4n) is 4.53. The van der Waals surface area contributed by atoms with Crippen LogP contribution in [0.3, 0.4) is 0 Å². The number of carbonyl (C=O) groups is 2. The molecule has 0 radical (unpaired) electrons. The number of amides is 1. The number of phenols is 1. The maximum Gasteiger partial charge on any atom is 0.331 e. The van der Waals surface area contributed by atoms with Crippen LogP contribution < -0.4 is 0 Å². The number of carbonyl (C=O) groups excluding carboxylic acids is 1. The number of benzene rings is 4. The first kappa shape index (κ1) is 22.2. The third kappa shape index (κ3) is 4.46. The molecule has 3 N–H and O–H groups in total. The molecule has 0 unspecified atom stereocenters. The Morgan fingerprint density at radius 3 is 2.34 bits per heavy atom. The van der Waals surface area contributed by atoms with Crippen LogP contribution in [0.1, 0.15) is 27.5 Å². The Labute approximate surface area is 202 Å². The largest absolute Gasteiger partial charge is 0.508 e. The summed E-state index contributed by atoms with van der Waals surface area (Å²) in [6.45, 7) is 0.200. The monoisotopic (exact) mass is 464 g/mol. The van der Waals surface area contributed by atoms with Gasteiger partial charge in [0.05, 0.1) is 0 Å². The standard InChI is InChI=1S/C29H24N2O4/c32-24-13-11-20(12-14-24)27(29(34)35)31(16-15-23-18-30-26-8-4-3-7-25(23)26)28(33)22-10-9-19-5-1-2-6-21(19)17-22/h1-14,17-18,27,30,32H,15-16H2,(H,34,35)/t27-/m0/s1. The maximum absolute atomic E-state index is 13.8. The first-order valence-electron chi connectivity index (χ1n) is 11.4. The lowest BCUT2D eigenvalue weighted by Crippen LogP contribution is -2.40. The minimum atomic E-state index is -1.21. The number of nitrogens with zero attached hydrogens (tertiary/aromatic N) is 1. The topological polar surface area (TPSA) is 93.6 Å². The van der Waals surface area contributed by atoms with E-state index < -0.39 is 12.0 Å². The van der Waals surface area contributed by atoms with E-state index in [4.69, 9.17) is 0 Å². The average molecular weight is 465 g/mol. The van der Waals surface area contributed by atoms with Gasteiger partial charge in [0.25, 0.3) is 5.91 Å². The van der Waals surface area contributed by atoms with Crippen LogP contribution in [0.15, 0.2) is 97.2 Å². The summed E-state index contributed by atoms with van der Waals surface area (Å²) in [4.78, 5) is 30.9. The zero-order chi connectivity index (χ0) is 24.4. The summed E-state index contributed by atoms with van der Waals surface area (Å²) in [5.41, 5.74) is 2.84. The number of carboxylic acids is 1. The average Bonchev–Trinajstić information content (AvgIpc) is 3.29. The molecule has 6 heteroatoms. The quantitative estimate of drug-likeness (QED) is 0.295. The third-order valence-corrected chi connectivity index (χ3v) is 6.31. The van der Waals surface area contributed by atoms with Gasteiger partial charge in [0.1, 0.15) is 5.75 Å². The zero-order valence-electron chi connectivity index (χ0n) is 18.9. The highest BCUT2D eigenvalue weighted by Gasteiger charge is 2.32. The molecule has 0 aliphatic rings. The number of phenolic OH excluding ortho intramolecular Hbond substituents is 1. The number of H-pyrrole nitrogens is 1. The number of aromatic amines is 1. The van der Waals surface area contributed by atoms with Crippen molar-refractivity contribution in [2.45, 2.75) is 12.5 Å². The zero-order valence-corrected chi connectivity index (χ0v) is 18.9. The van der Waals surface area contributed by atoms with Gasteiger partial charge in [-0.25, -0.2) is 4.79 Å². The molecule has 1 amide bonds. The van der Waals surface area contributed by atoms with Crippen molar-refractivity contribution in [1.29, 1.82) is 0 Å². The Bertz CT molecular complexity index is 1520. The van der Waals surface area contributed by atoms with Crippen molar-refractivity contribution in [3.8, 4) is 5.75 Å². The molecule has 0 aliphatic carbocycles. The Kier molecular flexibility index (Phi) is 5.94. The van der Waals surface area contributed by atoms with Gasteiger partial charge in [0.15, 0.2) is 6.04 Å². The van der Waals surface area contributed by atoms with E-state index in [0.29, 0.717) is 17.5 Å². The van der Waals surface area contributed by atoms with E-state index in [2.05, 4.69) is 4.98 Å². The van der Waals surface area contributed by atoms with Crippen molar-refractivity contribution < 1.29 is 19.8 Å². The van der Waals surface area contributed by atoms with Gasteiger partial charge >= 0.3 is 5.97 Å². The lowest BCUT2D eigenvalue weighted by molar-refractivity contribution is -0.142. The highest BCUT2D eigenvalue weighted by atomic mass is 16.4. The fourth-order valence-corrected chi connectivity index (χ4v) is 4.53. The van der Waals surface area contributed by atoms with Gasteiger partial charge in [0.2, 0.25) is 0 Å². The van der Waals surface area contributed by atoms with E-state index in [-0.39, 0.29) is 18.2 Å². The fraction of sp³-hybridized carbons (Fsp3) is 0.103. The van der Waals surface area contributed by atoms with Crippen molar-refractivity contribution in [1.82, 2.24) is 9.88 Å². The lowest BCUT2D eigenvalue weighted by atomic mass is 10.0. The second kappa shape index (κ2) is 9.35. The van der Waals surface area contributed by atoms with Crippen LogP contribution in [-0.4, -0.2) is 38.5 Å². The summed E-state index contributed by atoms with van der Waals surface area (Å²) in [5.74, 6) is -1.47. The molecule has 0 aliphatic heterocycles. The molecule has 6 nitrogen and oxygen atoms in total. The Balaban J connectivity index is 1.54. The van der Waals surface area contributed by atoms with Crippen LogP contribution in [0.25, 0.3) is 21.7 Å². The molecule has 1 atom stereocenters. The number of carboxylic acid groups (broad SMARTS) is 1. The molecule has 5 rings (SSSR count). The van der Waals surface area contributed by atoms with E-state index in [1.54, 1.807) is 24.3 Å². The summed E-state index contributed by atoms with van der Waals surface area (Å²) >= 11 is 0. The van der Waals surface area contributed by atoms with Gasteiger partial charge in [0, 0.05) is 29.2 Å². The molecule has 0 spiro atoms. The lowest BCUT2D eigenvalue weighted by Gasteiger charge is -2.29. The van der Waals surface area contributed by atoms with Crippen molar-refractivity contribution in [3.63, 3.8) is 0 Å². The Morgan fingerprint density at radius 1 is 0.857 bits per heavy atom. The number of hydrogen-bond acceptors (Lipinski definition) is 3. The van der Waals surface area contributed by atoms with E-state index in [9.17, 15) is 19.8 Å². The Morgan fingerprint density at radius 2 is 1.57 bits per heavy atom. The third-order valence-electron chi connectivity index (χ3n) is 6.31. The predicted octanol–water partition coefficient (Wildman–Crippen LogP) is 5.54. The van der Waals surface area contributed by atoms with Crippen molar-refractivity contribution in [2.24, 2.45) is 0 Å². The van der Waals surface area contributed by atoms with Crippen molar-refractivity contribution in [2.75, 3.05) is 6.54 Å². The maximum atomic E-state index is 13.8. The highest BCUT2D eigenvalue weighted by molar-refractivity contribution is 6.00. The number of aromatic nitrogens is 1. The predicted molar refractivity (Wildman–Crippen MR) is 135 cm³/mol. The highest BCUT2D eigenvalue weighted by Crippen LogP contribution is 2.28. The summed E-state index contributed by atoms with van der Waals surface area (Å²) in [6.07, 6.45) is 2.38. The number of aromatic hydroxyl groups is 1. The van der Waals surface area contributed by atoms with Crippen LogP contribution in [0, 0.1) is 0 Å². The van der Waals surface area contributed by atoms with Crippen molar-refractivity contribution >= 4 is 33.6 Å². The molecule has 0 saturated carbocycles. The molecule has 0 fully saturated rings. The summed E-state index contributed by atoms with van der Waals surface area (Å²) in [5, 5.41) is 22.9. The molecular weight excluding hydrogens is 440 g/mol.